The first-order valence-corrected chi connectivity index (χ1v) is 7.35. The molecule has 1 aromatic carbocycles. The van der Waals surface area contributed by atoms with E-state index in [9.17, 15) is 0 Å². The highest BCUT2D eigenvalue weighted by Crippen LogP contribution is 2.53. The highest BCUT2D eigenvalue weighted by atomic mass is 14.4. The van der Waals surface area contributed by atoms with E-state index in [1.54, 1.807) is 5.56 Å². The predicted molar refractivity (Wildman–Crippen MR) is 73.3 cm³/mol. The first kappa shape index (κ1) is 11.3. The van der Waals surface area contributed by atoms with Crippen LogP contribution in [0.25, 0.3) is 0 Å². The lowest BCUT2D eigenvalue weighted by molar-refractivity contribution is 0.176. The molecule has 0 heteroatoms. The molecule has 3 rings (SSSR count). The summed E-state index contributed by atoms with van der Waals surface area (Å²) in [4.78, 5) is 0. The van der Waals surface area contributed by atoms with Crippen LogP contribution in [0.15, 0.2) is 24.3 Å². The van der Waals surface area contributed by atoms with Crippen LogP contribution in [0.4, 0.5) is 0 Å². The topological polar surface area (TPSA) is 0 Å². The lowest BCUT2D eigenvalue weighted by Gasteiger charge is -2.39. The Hall–Kier alpha value is -0.780. The smallest absolute Gasteiger partial charge is 0.0154 e. The second kappa shape index (κ2) is 4.48. The van der Waals surface area contributed by atoms with Gasteiger partial charge in [-0.3, -0.25) is 0 Å². The highest BCUT2D eigenvalue weighted by molar-refractivity contribution is 5.29. The van der Waals surface area contributed by atoms with Crippen molar-refractivity contribution < 1.29 is 0 Å². The van der Waals surface area contributed by atoms with Gasteiger partial charge in [0.1, 0.15) is 0 Å². The Kier molecular flexibility index (Phi) is 2.98. The van der Waals surface area contributed by atoms with Gasteiger partial charge in [0.25, 0.3) is 0 Å². The molecular weight excluding hydrogens is 204 g/mol. The maximum atomic E-state index is 2.37. The molecule has 2 aliphatic carbocycles. The van der Waals surface area contributed by atoms with Gasteiger partial charge in [0.05, 0.1) is 0 Å². The Morgan fingerprint density at radius 3 is 2.47 bits per heavy atom. The molecule has 0 amide bonds. The van der Waals surface area contributed by atoms with Crippen molar-refractivity contribution >= 4 is 0 Å². The van der Waals surface area contributed by atoms with Crippen molar-refractivity contribution in [3.63, 3.8) is 0 Å². The van der Waals surface area contributed by atoms with Gasteiger partial charge < -0.3 is 0 Å². The lowest BCUT2D eigenvalue weighted by Crippen LogP contribution is -2.25. The van der Waals surface area contributed by atoms with E-state index in [0.29, 0.717) is 0 Å². The number of hydrogen-bond donors (Lipinski definition) is 0. The molecule has 1 unspecified atom stereocenters. The molecule has 0 aromatic heterocycles. The number of aryl methyl sites for hydroxylation is 1. The summed E-state index contributed by atoms with van der Waals surface area (Å²) >= 11 is 0. The summed E-state index contributed by atoms with van der Waals surface area (Å²) in [7, 11) is 0. The third kappa shape index (κ3) is 2.14. The summed E-state index contributed by atoms with van der Waals surface area (Å²) < 4.78 is 0. The fraction of sp³-hybridized carbons (Fsp3) is 0.647. The van der Waals surface area contributed by atoms with Crippen molar-refractivity contribution in [2.75, 3.05) is 0 Å². The molecule has 0 radical (unpaired) electrons. The van der Waals surface area contributed by atoms with Crippen LogP contribution in [0, 0.1) is 12.3 Å². The van der Waals surface area contributed by atoms with E-state index in [1.165, 1.54) is 56.9 Å². The van der Waals surface area contributed by atoms with Gasteiger partial charge in [-0.2, -0.15) is 0 Å². The monoisotopic (exact) mass is 228 g/mol. The standard InChI is InChI=1S/C17H24/c1-14-7-2-3-9-16(14)15-8-6-12-17(13-15)10-4-5-11-17/h2-3,7,9,15H,4-6,8,10-13H2,1H3. The van der Waals surface area contributed by atoms with Crippen molar-refractivity contribution in [2.45, 2.75) is 64.2 Å². The molecule has 0 aliphatic heterocycles. The Morgan fingerprint density at radius 1 is 1.00 bits per heavy atom. The molecule has 1 spiro atoms. The molecular formula is C17H24. The van der Waals surface area contributed by atoms with Gasteiger partial charge in [-0.05, 0) is 61.5 Å². The van der Waals surface area contributed by atoms with Gasteiger partial charge in [-0.25, -0.2) is 0 Å². The zero-order valence-corrected chi connectivity index (χ0v) is 11.0. The maximum absolute atomic E-state index is 2.37. The van der Waals surface area contributed by atoms with Gasteiger partial charge in [0, 0.05) is 0 Å². The molecule has 0 saturated heterocycles. The van der Waals surface area contributed by atoms with Crippen molar-refractivity contribution in [3.05, 3.63) is 35.4 Å². The first-order valence-electron chi connectivity index (χ1n) is 7.35. The number of rotatable bonds is 1. The van der Waals surface area contributed by atoms with E-state index in [2.05, 4.69) is 31.2 Å². The molecule has 0 bridgehead atoms. The highest BCUT2D eigenvalue weighted by Gasteiger charge is 2.38. The van der Waals surface area contributed by atoms with E-state index in [-0.39, 0.29) is 0 Å². The van der Waals surface area contributed by atoms with E-state index >= 15 is 0 Å². The molecule has 1 aromatic rings. The molecule has 2 saturated carbocycles. The van der Waals surface area contributed by atoms with Crippen molar-refractivity contribution in [1.29, 1.82) is 0 Å². The van der Waals surface area contributed by atoms with E-state index in [4.69, 9.17) is 0 Å². The van der Waals surface area contributed by atoms with Gasteiger partial charge in [-0.15, -0.1) is 0 Å². The summed E-state index contributed by atoms with van der Waals surface area (Å²) in [5.41, 5.74) is 3.89. The SMILES string of the molecule is Cc1ccccc1C1CCCC2(CCCC2)C1. The van der Waals surface area contributed by atoms with Crippen LogP contribution in [0.3, 0.4) is 0 Å². The quantitative estimate of drug-likeness (QED) is 0.618. The summed E-state index contributed by atoms with van der Waals surface area (Å²) in [6.45, 7) is 2.28. The average Bonchev–Trinajstić information content (AvgIpc) is 2.78. The van der Waals surface area contributed by atoms with Crippen LogP contribution >= 0.6 is 0 Å². The van der Waals surface area contributed by atoms with Crippen LogP contribution in [-0.2, 0) is 0 Å². The van der Waals surface area contributed by atoms with Crippen LogP contribution in [-0.4, -0.2) is 0 Å². The summed E-state index contributed by atoms with van der Waals surface area (Å²) in [5, 5.41) is 0. The third-order valence-electron chi connectivity index (χ3n) is 5.23. The second-order valence-electron chi connectivity index (χ2n) is 6.36. The van der Waals surface area contributed by atoms with Gasteiger partial charge in [0.15, 0.2) is 0 Å². The molecule has 17 heavy (non-hydrogen) atoms. The minimum Gasteiger partial charge on any atom is -0.0620 e. The fourth-order valence-electron chi connectivity index (χ4n) is 4.34. The molecule has 0 nitrogen and oxygen atoms in total. The Bertz CT molecular complexity index is 385. The Balaban J connectivity index is 1.82. The van der Waals surface area contributed by atoms with Crippen LogP contribution < -0.4 is 0 Å². The summed E-state index contributed by atoms with van der Waals surface area (Å²) in [5.74, 6) is 0.850. The van der Waals surface area contributed by atoms with Gasteiger partial charge >= 0.3 is 0 Å². The molecule has 2 fully saturated rings. The van der Waals surface area contributed by atoms with Crippen LogP contribution in [0.1, 0.15) is 68.4 Å². The number of hydrogen-bond acceptors (Lipinski definition) is 0. The minimum atomic E-state index is 0.741. The average molecular weight is 228 g/mol. The maximum Gasteiger partial charge on any atom is -0.0154 e. The van der Waals surface area contributed by atoms with Crippen molar-refractivity contribution in [1.82, 2.24) is 0 Å². The molecule has 0 N–H and O–H groups in total. The van der Waals surface area contributed by atoms with Gasteiger partial charge in [0.2, 0.25) is 0 Å². The van der Waals surface area contributed by atoms with Crippen LogP contribution in [0.5, 0.6) is 0 Å². The Labute approximate surface area is 105 Å². The van der Waals surface area contributed by atoms with E-state index < -0.39 is 0 Å². The lowest BCUT2D eigenvalue weighted by atomic mass is 9.66. The van der Waals surface area contributed by atoms with Crippen molar-refractivity contribution in [3.8, 4) is 0 Å². The number of benzene rings is 1. The zero-order chi connectivity index (χ0) is 11.7. The van der Waals surface area contributed by atoms with E-state index in [0.717, 1.165) is 11.3 Å². The second-order valence-corrected chi connectivity index (χ2v) is 6.36. The molecule has 0 heterocycles. The first-order chi connectivity index (χ1) is 8.29. The third-order valence-corrected chi connectivity index (χ3v) is 5.23. The normalized spacial score (nSPS) is 27.5. The van der Waals surface area contributed by atoms with Crippen LogP contribution in [0.2, 0.25) is 0 Å². The summed E-state index contributed by atoms with van der Waals surface area (Å²) in [6, 6.07) is 9.05. The minimum absolute atomic E-state index is 0.741. The predicted octanol–water partition coefficient (Wildman–Crippen LogP) is 5.21. The Morgan fingerprint density at radius 2 is 1.71 bits per heavy atom. The fourth-order valence-corrected chi connectivity index (χ4v) is 4.34. The van der Waals surface area contributed by atoms with Gasteiger partial charge in [-0.1, -0.05) is 43.5 Å². The largest absolute Gasteiger partial charge is 0.0620 e. The molecule has 92 valence electrons. The molecule has 1 atom stereocenters. The van der Waals surface area contributed by atoms with E-state index in [1.807, 2.05) is 0 Å². The zero-order valence-electron chi connectivity index (χ0n) is 11.0. The molecule has 2 aliphatic rings. The van der Waals surface area contributed by atoms with Crippen molar-refractivity contribution in [2.24, 2.45) is 5.41 Å². The summed E-state index contributed by atoms with van der Waals surface area (Å²) in [6.07, 6.45) is 11.9.